The van der Waals surface area contributed by atoms with Gasteiger partial charge in [0.05, 0.1) is 5.69 Å². The van der Waals surface area contributed by atoms with Crippen LogP contribution in [0.2, 0.25) is 0 Å². The van der Waals surface area contributed by atoms with E-state index in [2.05, 4.69) is 10.3 Å². The molecule has 96 valence electrons. The molecule has 1 aliphatic rings. The number of hydrogen-bond acceptors (Lipinski definition) is 3. The Balaban J connectivity index is 2.20. The smallest absolute Gasteiger partial charge is 0.310 e. The van der Waals surface area contributed by atoms with Crippen molar-refractivity contribution in [1.29, 1.82) is 0 Å². The van der Waals surface area contributed by atoms with Crippen LogP contribution in [0.5, 0.6) is 0 Å². The van der Waals surface area contributed by atoms with E-state index in [0.29, 0.717) is 12.2 Å². The van der Waals surface area contributed by atoms with Crippen LogP contribution in [0.25, 0.3) is 0 Å². The van der Waals surface area contributed by atoms with E-state index in [-0.39, 0.29) is 12.0 Å². The second kappa shape index (κ2) is 4.57. The van der Waals surface area contributed by atoms with Crippen LogP contribution in [0.3, 0.4) is 0 Å². The third kappa shape index (κ3) is 3.19. The van der Waals surface area contributed by atoms with Gasteiger partial charge >= 0.3 is 6.18 Å². The minimum atomic E-state index is -4.32. The minimum Gasteiger partial charge on any atom is -0.310 e. The fourth-order valence-corrected chi connectivity index (χ4v) is 2.55. The first kappa shape index (κ1) is 12.8. The molecule has 2 rings (SSSR count). The fraction of sp³-hybridized carbons (Fsp3) is 0.727. The third-order valence-electron chi connectivity index (χ3n) is 2.60. The van der Waals surface area contributed by atoms with Gasteiger partial charge in [-0.15, -0.1) is 11.3 Å². The molecular weight excluding hydrogens is 249 g/mol. The molecule has 0 atom stereocenters. The van der Waals surface area contributed by atoms with Gasteiger partial charge in [0.15, 0.2) is 5.01 Å². The van der Waals surface area contributed by atoms with Crippen molar-refractivity contribution in [3.8, 4) is 0 Å². The van der Waals surface area contributed by atoms with Gasteiger partial charge in [-0.3, -0.25) is 0 Å². The van der Waals surface area contributed by atoms with Crippen molar-refractivity contribution in [2.45, 2.75) is 51.4 Å². The summed E-state index contributed by atoms with van der Waals surface area (Å²) in [6.45, 7) is 4.43. The maximum Gasteiger partial charge on any atom is 0.443 e. The molecule has 1 N–H and O–H groups in total. The van der Waals surface area contributed by atoms with Crippen molar-refractivity contribution >= 4 is 11.3 Å². The molecule has 0 spiro atoms. The lowest BCUT2D eigenvalue weighted by Gasteiger charge is -2.07. The first-order chi connectivity index (χ1) is 7.88. The zero-order valence-electron chi connectivity index (χ0n) is 9.77. The second-order valence-electron chi connectivity index (χ2n) is 4.64. The van der Waals surface area contributed by atoms with Gasteiger partial charge < -0.3 is 5.32 Å². The number of alkyl halides is 3. The monoisotopic (exact) mass is 264 g/mol. The zero-order valence-corrected chi connectivity index (χ0v) is 10.6. The average Bonchev–Trinajstić information content (AvgIpc) is 2.93. The third-order valence-corrected chi connectivity index (χ3v) is 3.72. The van der Waals surface area contributed by atoms with E-state index in [9.17, 15) is 13.2 Å². The number of nitrogens with zero attached hydrogens (tertiary/aromatic N) is 1. The van der Waals surface area contributed by atoms with Gasteiger partial charge in [0.2, 0.25) is 0 Å². The van der Waals surface area contributed by atoms with Crippen LogP contribution in [0.15, 0.2) is 0 Å². The van der Waals surface area contributed by atoms with Crippen molar-refractivity contribution in [3.63, 3.8) is 0 Å². The van der Waals surface area contributed by atoms with Crippen molar-refractivity contribution < 1.29 is 13.2 Å². The van der Waals surface area contributed by atoms with E-state index in [0.717, 1.165) is 29.1 Å². The Bertz CT molecular complexity index is 394. The highest BCUT2D eigenvalue weighted by Crippen LogP contribution is 2.45. The molecule has 6 heteroatoms. The Morgan fingerprint density at radius 3 is 2.53 bits per heavy atom. The van der Waals surface area contributed by atoms with Gasteiger partial charge in [0, 0.05) is 23.4 Å². The Kier molecular flexibility index (Phi) is 3.45. The Labute approximate surface area is 102 Å². The van der Waals surface area contributed by atoms with Gasteiger partial charge in [-0.05, 0) is 12.8 Å². The van der Waals surface area contributed by atoms with Crippen molar-refractivity contribution in [1.82, 2.24) is 10.3 Å². The van der Waals surface area contributed by atoms with E-state index in [1.807, 2.05) is 13.8 Å². The summed E-state index contributed by atoms with van der Waals surface area (Å²) in [5.41, 5.74) is 0.662. The highest BCUT2D eigenvalue weighted by Gasteiger charge is 2.38. The summed E-state index contributed by atoms with van der Waals surface area (Å²) in [6.07, 6.45) is -2.38. The lowest BCUT2D eigenvalue weighted by molar-refractivity contribution is -0.137. The summed E-state index contributed by atoms with van der Waals surface area (Å²) < 4.78 is 37.8. The fourth-order valence-electron chi connectivity index (χ4n) is 1.58. The SMILES string of the molecule is CC(C)NCc1sc(C(F)(F)F)nc1C1CC1. The normalized spacial score (nSPS) is 16.8. The van der Waals surface area contributed by atoms with Crippen molar-refractivity contribution in [2.24, 2.45) is 0 Å². The number of rotatable bonds is 4. The van der Waals surface area contributed by atoms with Gasteiger partial charge in [0.25, 0.3) is 0 Å². The highest BCUT2D eigenvalue weighted by molar-refractivity contribution is 7.11. The number of aromatic nitrogens is 1. The molecule has 0 amide bonds. The average molecular weight is 264 g/mol. The molecule has 1 aromatic rings. The Morgan fingerprint density at radius 2 is 2.06 bits per heavy atom. The van der Waals surface area contributed by atoms with Gasteiger partial charge in [-0.2, -0.15) is 13.2 Å². The largest absolute Gasteiger partial charge is 0.443 e. The molecule has 0 aliphatic heterocycles. The van der Waals surface area contributed by atoms with E-state index in [4.69, 9.17) is 0 Å². The van der Waals surface area contributed by atoms with Crippen LogP contribution < -0.4 is 5.32 Å². The molecule has 1 fully saturated rings. The van der Waals surface area contributed by atoms with Crippen LogP contribution >= 0.6 is 11.3 Å². The van der Waals surface area contributed by atoms with Gasteiger partial charge in [-0.1, -0.05) is 13.8 Å². The van der Waals surface area contributed by atoms with Crippen molar-refractivity contribution in [2.75, 3.05) is 0 Å². The maximum atomic E-state index is 12.6. The molecule has 1 saturated carbocycles. The van der Waals surface area contributed by atoms with E-state index in [1.54, 1.807) is 0 Å². The molecule has 1 heterocycles. The number of hydrogen-bond donors (Lipinski definition) is 1. The summed E-state index contributed by atoms with van der Waals surface area (Å²) >= 11 is 0.778. The molecule has 0 saturated heterocycles. The van der Waals surface area contributed by atoms with Crippen LogP contribution in [-0.2, 0) is 12.7 Å². The summed E-state index contributed by atoms with van der Waals surface area (Å²) in [6, 6.07) is 0.262. The van der Waals surface area contributed by atoms with Crippen LogP contribution in [0.4, 0.5) is 13.2 Å². The first-order valence-corrected chi connectivity index (χ1v) is 6.49. The van der Waals surface area contributed by atoms with E-state index >= 15 is 0 Å². The van der Waals surface area contributed by atoms with Crippen LogP contribution in [-0.4, -0.2) is 11.0 Å². The molecule has 0 radical (unpaired) electrons. The first-order valence-electron chi connectivity index (χ1n) is 5.68. The van der Waals surface area contributed by atoms with E-state index in [1.165, 1.54) is 0 Å². The molecule has 2 nitrogen and oxygen atoms in total. The quantitative estimate of drug-likeness (QED) is 0.899. The van der Waals surface area contributed by atoms with E-state index < -0.39 is 11.2 Å². The minimum absolute atomic E-state index is 0.256. The van der Waals surface area contributed by atoms with Gasteiger partial charge in [0.1, 0.15) is 0 Å². The summed E-state index contributed by atoms with van der Waals surface area (Å²) in [5.74, 6) is 0.256. The lowest BCUT2D eigenvalue weighted by Crippen LogP contribution is -2.21. The van der Waals surface area contributed by atoms with Crippen LogP contribution in [0.1, 0.15) is 48.2 Å². The topological polar surface area (TPSA) is 24.9 Å². The summed E-state index contributed by atoms with van der Waals surface area (Å²) in [4.78, 5) is 4.52. The number of halogens is 3. The van der Waals surface area contributed by atoms with Crippen molar-refractivity contribution in [3.05, 3.63) is 15.6 Å². The molecule has 17 heavy (non-hydrogen) atoms. The molecule has 1 aromatic heterocycles. The molecule has 0 bridgehead atoms. The molecule has 0 unspecified atom stereocenters. The number of thiazole rings is 1. The van der Waals surface area contributed by atoms with Crippen LogP contribution in [0, 0.1) is 0 Å². The lowest BCUT2D eigenvalue weighted by atomic mass is 10.2. The standard InChI is InChI=1S/C11H15F3N2S/c1-6(2)15-5-8-9(7-3-4-7)16-10(17-8)11(12,13)14/h6-7,15H,3-5H2,1-2H3. The second-order valence-corrected chi connectivity index (χ2v) is 5.72. The molecule has 0 aromatic carbocycles. The maximum absolute atomic E-state index is 12.6. The number of nitrogens with one attached hydrogen (secondary N) is 1. The summed E-state index contributed by atoms with van der Waals surface area (Å²) in [7, 11) is 0. The Morgan fingerprint density at radius 1 is 1.41 bits per heavy atom. The molecular formula is C11H15F3N2S. The summed E-state index contributed by atoms with van der Waals surface area (Å²) in [5, 5.41) is 2.44. The van der Waals surface area contributed by atoms with Gasteiger partial charge in [-0.25, -0.2) is 4.98 Å². The molecule has 1 aliphatic carbocycles. The zero-order chi connectivity index (χ0) is 12.6. The highest BCUT2D eigenvalue weighted by atomic mass is 32.1. The Hall–Kier alpha value is -0.620. The predicted octanol–water partition coefficient (Wildman–Crippen LogP) is 3.54. The predicted molar refractivity (Wildman–Crippen MR) is 61.1 cm³/mol.